The first-order valence-electron chi connectivity index (χ1n) is 8.95. The van der Waals surface area contributed by atoms with Crippen LogP contribution in [0.2, 0.25) is 0 Å². The maximum absolute atomic E-state index is 4.84. The average Bonchev–Trinajstić information content (AvgIpc) is 2.67. The third-order valence-corrected chi connectivity index (χ3v) is 4.44. The van der Waals surface area contributed by atoms with Crippen LogP contribution in [0.4, 0.5) is 11.6 Å². The minimum Gasteiger partial charge on any atom is -0.370 e. The maximum Gasteiger partial charge on any atom is 0.163 e. The van der Waals surface area contributed by atoms with E-state index in [1.165, 1.54) is 0 Å². The van der Waals surface area contributed by atoms with Crippen molar-refractivity contribution in [2.24, 2.45) is 0 Å². The van der Waals surface area contributed by atoms with Crippen LogP contribution in [-0.4, -0.2) is 54.1 Å². The van der Waals surface area contributed by atoms with Crippen LogP contribution in [0.1, 0.15) is 20.3 Å². The molecule has 1 saturated heterocycles. The molecule has 0 aliphatic carbocycles. The molecule has 0 unspecified atom stereocenters. The third kappa shape index (κ3) is 4.03. The van der Waals surface area contributed by atoms with Crippen LogP contribution in [0.5, 0.6) is 0 Å². The van der Waals surface area contributed by atoms with E-state index in [9.17, 15) is 0 Å². The lowest BCUT2D eigenvalue weighted by atomic mass is 10.2. The highest BCUT2D eigenvalue weighted by Crippen LogP contribution is 2.23. The second-order valence-electron chi connectivity index (χ2n) is 6.15. The van der Waals surface area contributed by atoms with Gasteiger partial charge in [-0.25, -0.2) is 9.97 Å². The van der Waals surface area contributed by atoms with Gasteiger partial charge in [-0.3, -0.25) is 0 Å². The van der Waals surface area contributed by atoms with Crippen LogP contribution in [0.15, 0.2) is 36.4 Å². The first-order valence-corrected chi connectivity index (χ1v) is 8.95. The number of rotatable bonds is 6. The van der Waals surface area contributed by atoms with Gasteiger partial charge in [-0.05, 0) is 13.0 Å². The Morgan fingerprint density at radius 2 is 1.75 bits per heavy atom. The lowest BCUT2D eigenvalue weighted by Crippen LogP contribution is -2.46. The van der Waals surface area contributed by atoms with Gasteiger partial charge in [0.05, 0.1) is 0 Å². The molecule has 2 aromatic rings. The number of likely N-dealkylation sites (N-methyl/N-ethyl adjacent to an activating group) is 1. The van der Waals surface area contributed by atoms with Crippen LogP contribution in [0, 0.1) is 0 Å². The van der Waals surface area contributed by atoms with E-state index in [1.807, 2.05) is 18.2 Å². The van der Waals surface area contributed by atoms with Crippen molar-refractivity contribution in [1.29, 1.82) is 0 Å². The number of hydrogen-bond donors (Lipinski definition) is 1. The van der Waals surface area contributed by atoms with Crippen molar-refractivity contribution in [3.8, 4) is 11.4 Å². The molecule has 0 spiro atoms. The minimum absolute atomic E-state index is 0.796. The number of nitrogens with one attached hydrogen (secondary N) is 1. The summed E-state index contributed by atoms with van der Waals surface area (Å²) in [5.41, 5.74) is 1.06. The van der Waals surface area contributed by atoms with Gasteiger partial charge in [-0.15, -0.1) is 0 Å². The van der Waals surface area contributed by atoms with Gasteiger partial charge in [-0.1, -0.05) is 44.2 Å². The Bertz CT molecular complexity index is 635. The van der Waals surface area contributed by atoms with Crippen molar-refractivity contribution in [2.75, 3.05) is 49.5 Å². The van der Waals surface area contributed by atoms with E-state index in [1.54, 1.807) is 0 Å². The Hall–Kier alpha value is -2.14. The summed E-state index contributed by atoms with van der Waals surface area (Å²) in [6, 6.07) is 12.3. The fourth-order valence-corrected chi connectivity index (χ4v) is 2.95. The molecule has 5 heteroatoms. The second-order valence-corrected chi connectivity index (χ2v) is 6.15. The quantitative estimate of drug-likeness (QED) is 0.884. The number of piperazine rings is 1. The predicted molar refractivity (Wildman–Crippen MR) is 101 cm³/mol. The number of nitrogens with zero attached hydrogens (tertiary/aromatic N) is 4. The van der Waals surface area contributed by atoms with Crippen LogP contribution in [-0.2, 0) is 0 Å². The summed E-state index contributed by atoms with van der Waals surface area (Å²) in [4.78, 5) is 14.4. The fraction of sp³-hybridized carbons (Fsp3) is 0.474. The Morgan fingerprint density at radius 1 is 1.00 bits per heavy atom. The summed E-state index contributed by atoms with van der Waals surface area (Å²) in [6.45, 7) is 10.7. The third-order valence-electron chi connectivity index (χ3n) is 4.44. The Labute approximate surface area is 144 Å². The van der Waals surface area contributed by atoms with Crippen molar-refractivity contribution in [2.45, 2.75) is 20.3 Å². The van der Waals surface area contributed by atoms with E-state index in [0.29, 0.717) is 0 Å². The predicted octanol–water partition coefficient (Wildman–Crippen LogP) is 3.11. The van der Waals surface area contributed by atoms with Crippen molar-refractivity contribution < 1.29 is 0 Å². The molecular weight excluding hydrogens is 298 g/mol. The fourth-order valence-electron chi connectivity index (χ4n) is 2.95. The SMILES string of the molecule is CCCNc1cc(N2CCN(CC)CC2)nc(-c2ccccc2)n1. The minimum atomic E-state index is 0.796. The summed E-state index contributed by atoms with van der Waals surface area (Å²) in [5.74, 6) is 2.74. The molecule has 0 bridgehead atoms. The summed E-state index contributed by atoms with van der Waals surface area (Å²) >= 11 is 0. The lowest BCUT2D eigenvalue weighted by Gasteiger charge is -2.35. The zero-order valence-corrected chi connectivity index (χ0v) is 14.7. The molecule has 1 aliphatic rings. The van der Waals surface area contributed by atoms with Crippen LogP contribution < -0.4 is 10.2 Å². The van der Waals surface area contributed by atoms with Gasteiger partial charge in [0.25, 0.3) is 0 Å². The zero-order chi connectivity index (χ0) is 16.8. The summed E-state index contributed by atoms with van der Waals surface area (Å²) < 4.78 is 0. The van der Waals surface area contributed by atoms with Gasteiger partial charge in [0, 0.05) is 44.4 Å². The molecule has 0 radical (unpaired) electrons. The molecule has 0 atom stereocenters. The van der Waals surface area contributed by atoms with Crippen molar-refractivity contribution >= 4 is 11.6 Å². The first-order chi connectivity index (χ1) is 11.8. The lowest BCUT2D eigenvalue weighted by molar-refractivity contribution is 0.270. The smallest absolute Gasteiger partial charge is 0.163 e. The normalized spacial score (nSPS) is 15.5. The Balaban J connectivity index is 1.87. The molecule has 0 amide bonds. The molecule has 1 aromatic carbocycles. The monoisotopic (exact) mass is 325 g/mol. The first kappa shape index (κ1) is 16.7. The van der Waals surface area contributed by atoms with E-state index in [4.69, 9.17) is 9.97 Å². The van der Waals surface area contributed by atoms with Crippen LogP contribution in [0.3, 0.4) is 0 Å². The highest BCUT2D eigenvalue weighted by molar-refractivity contribution is 5.61. The number of aromatic nitrogens is 2. The summed E-state index contributed by atoms with van der Waals surface area (Å²) in [7, 11) is 0. The van der Waals surface area contributed by atoms with E-state index in [-0.39, 0.29) is 0 Å². The molecule has 24 heavy (non-hydrogen) atoms. The van der Waals surface area contributed by atoms with E-state index in [2.05, 4.69) is 47.2 Å². The molecule has 5 nitrogen and oxygen atoms in total. The largest absolute Gasteiger partial charge is 0.370 e. The van der Waals surface area contributed by atoms with Crippen molar-refractivity contribution in [1.82, 2.24) is 14.9 Å². The highest BCUT2D eigenvalue weighted by atomic mass is 15.3. The van der Waals surface area contributed by atoms with Crippen molar-refractivity contribution in [3.63, 3.8) is 0 Å². The molecular formula is C19H27N5. The summed E-state index contributed by atoms with van der Waals surface area (Å²) in [6.07, 6.45) is 1.08. The molecule has 128 valence electrons. The number of benzene rings is 1. The zero-order valence-electron chi connectivity index (χ0n) is 14.7. The van der Waals surface area contributed by atoms with Gasteiger partial charge < -0.3 is 15.1 Å². The average molecular weight is 325 g/mol. The van der Waals surface area contributed by atoms with Gasteiger partial charge in [0.2, 0.25) is 0 Å². The molecule has 2 heterocycles. The molecule has 0 saturated carbocycles. The van der Waals surface area contributed by atoms with Gasteiger partial charge >= 0.3 is 0 Å². The molecule has 1 aliphatic heterocycles. The Morgan fingerprint density at radius 3 is 2.42 bits per heavy atom. The standard InChI is InChI=1S/C19H27N5/c1-3-10-20-17-15-18(24-13-11-23(4-2)12-14-24)22-19(21-17)16-8-6-5-7-9-16/h5-9,15H,3-4,10-14H2,1-2H3,(H,20,21,22). The topological polar surface area (TPSA) is 44.3 Å². The van der Waals surface area contributed by atoms with E-state index < -0.39 is 0 Å². The molecule has 1 aromatic heterocycles. The van der Waals surface area contributed by atoms with Gasteiger partial charge in [-0.2, -0.15) is 0 Å². The van der Waals surface area contributed by atoms with Gasteiger partial charge in [0.15, 0.2) is 5.82 Å². The highest BCUT2D eigenvalue weighted by Gasteiger charge is 2.18. The number of anilines is 2. The van der Waals surface area contributed by atoms with Crippen LogP contribution >= 0.6 is 0 Å². The molecule has 3 rings (SSSR count). The molecule has 1 fully saturated rings. The summed E-state index contributed by atoms with van der Waals surface area (Å²) in [5, 5.41) is 3.42. The maximum atomic E-state index is 4.84. The van der Waals surface area contributed by atoms with E-state index in [0.717, 1.165) is 68.7 Å². The number of hydrogen-bond acceptors (Lipinski definition) is 5. The molecule has 1 N–H and O–H groups in total. The second kappa shape index (κ2) is 8.11. The van der Waals surface area contributed by atoms with Crippen LogP contribution in [0.25, 0.3) is 11.4 Å². The van der Waals surface area contributed by atoms with Gasteiger partial charge in [0.1, 0.15) is 11.6 Å². The van der Waals surface area contributed by atoms with E-state index >= 15 is 0 Å². The van der Waals surface area contributed by atoms with Crippen molar-refractivity contribution in [3.05, 3.63) is 36.4 Å². The Kier molecular flexibility index (Phi) is 5.64.